The molecule has 29 heavy (non-hydrogen) atoms. The van der Waals surface area contributed by atoms with E-state index in [2.05, 4.69) is 5.32 Å². The highest BCUT2D eigenvalue weighted by atomic mass is 32.2. The fourth-order valence-electron chi connectivity index (χ4n) is 3.11. The van der Waals surface area contributed by atoms with Gasteiger partial charge < -0.3 is 19.5 Å². The minimum Gasteiger partial charge on any atom is -0.493 e. The number of rotatable bonds is 6. The zero-order chi connectivity index (χ0) is 21.2. The number of sulfonamides is 1. The van der Waals surface area contributed by atoms with Gasteiger partial charge in [0, 0.05) is 6.54 Å². The van der Waals surface area contributed by atoms with Crippen LogP contribution in [0.1, 0.15) is 11.1 Å². The first-order chi connectivity index (χ1) is 13.7. The number of ether oxygens (including phenoxy) is 3. The monoisotopic (exact) mass is 420 g/mol. The number of carbonyl (C=O) groups is 1. The van der Waals surface area contributed by atoms with Gasteiger partial charge in [0.2, 0.25) is 10.0 Å². The van der Waals surface area contributed by atoms with Crippen molar-refractivity contribution in [3.05, 3.63) is 47.5 Å². The average Bonchev–Trinajstić information content (AvgIpc) is 2.69. The first kappa shape index (κ1) is 20.8. The lowest BCUT2D eigenvalue weighted by molar-refractivity contribution is -0.127. The number of hydrogen-bond donors (Lipinski definition) is 1. The van der Waals surface area contributed by atoms with Crippen LogP contribution in [0.25, 0.3) is 0 Å². The normalized spacial score (nSPS) is 15.9. The first-order valence-electron chi connectivity index (χ1n) is 8.96. The Morgan fingerprint density at radius 3 is 2.55 bits per heavy atom. The second-order valence-corrected chi connectivity index (χ2v) is 8.69. The summed E-state index contributed by atoms with van der Waals surface area (Å²) in [5.74, 6) is 1.11. The number of aryl methyl sites for hydroxylation is 1. The van der Waals surface area contributed by atoms with Crippen LogP contribution in [0.15, 0.2) is 36.4 Å². The predicted molar refractivity (Wildman–Crippen MR) is 109 cm³/mol. The Morgan fingerprint density at radius 1 is 1.17 bits per heavy atom. The molecule has 1 unspecified atom stereocenters. The third-order valence-electron chi connectivity index (χ3n) is 4.59. The molecular weight excluding hydrogens is 396 g/mol. The summed E-state index contributed by atoms with van der Waals surface area (Å²) in [5.41, 5.74) is 2.15. The van der Waals surface area contributed by atoms with E-state index < -0.39 is 22.0 Å². The predicted octanol–water partition coefficient (Wildman–Crippen LogP) is 1.86. The summed E-state index contributed by atoms with van der Waals surface area (Å²) >= 11 is 0. The largest absolute Gasteiger partial charge is 0.493 e. The Labute approximate surface area is 170 Å². The maximum atomic E-state index is 12.7. The van der Waals surface area contributed by atoms with Crippen LogP contribution in [0, 0.1) is 6.92 Å². The average molecular weight is 420 g/mol. The van der Waals surface area contributed by atoms with Crippen molar-refractivity contribution >= 4 is 21.6 Å². The number of methoxy groups -OCH3 is 2. The summed E-state index contributed by atoms with van der Waals surface area (Å²) in [6.45, 7) is 2.01. The van der Waals surface area contributed by atoms with Crippen molar-refractivity contribution < 1.29 is 27.4 Å². The summed E-state index contributed by atoms with van der Waals surface area (Å²) in [4.78, 5) is 12.7. The lowest BCUT2D eigenvalue weighted by Gasteiger charge is -2.34. The molecule has 8 nitrogen and oxygen atoms in total. The van der Waals surface area contributed by atoms with E-state index in [0.717, 1.165) is 17.4 Å². The molecule has 0 saturated heterocycles. The van der Waals surface area contributed by atoms with Gasteiger partial charge in [0.1, 0.15) is 5.75 Å². The fourth-order valence-corrected chi connectivity index (χ4v) is 4.02. The maximum absolute atomic E-state index is 12.7. The summed E-state index contributed by atoms with van der Waals surface area (Å²) in [7, 11) is -0.474. The molecule has 2 aromatic carbocycles. The molecule has 0 bridgehead atoms. The van der Waals surface area contributed by atoms with Crippen molar-refractivity contribution in [2.75, 3.05) is 31.3 Å². The van der Waals surface area contributed by atoms with Crippen LogP contribution in [0.5, 0.6) is 17.2 Å². The molecule has 1 heterocycles. The van der Waals surface area contributed by atoms with Crippen LogP contribution < -0.4 is 23.8 Å². The smallest absolute Gasteiger partial charge is 0.263 e. The van der Waals surface area contributed by atoms with E-state index in [1.54, 1.807) is 37.4 Å². The van der Waals surface area contributed by atoms with Gasteiger partial charge >= 0.3 is 0 Å². The maximum Gasteiger partial charge on any atom is 0.263 e. The molecule has 0 aliphatic carbocycles. The highest BCUT2D eigenvalue weighted by molar-refractivity contribution is 7.92. The highest BCUT2D eigenvalue weighted by Gasteiger charge is 2.34. The minimum absolute atomic E-state index is 0.0906. The Kier molecular flexibility index (Phi) is 5.88. The van der Waals surface area contributed by atoms with E-state index in [4.69, 9.17) is 14.2 Å². The lowest BCUT2D eigenvalue weighted by Crippen LogP contribution is -2.50. The number of carbonyl (C=O) groups excluding carboxylic acids is 1. The highest BCUT2D eigenvalue weighted by Crippen LogP contribution is 2.35. The SMILES string of the molecule is COc1ccc(CNC(=O)C2CN(S(C)(=O)=O)c3ccc(C)cc3O2)cc1OC. The van der Waals surface area contributed by atoms with Crippen molar-refractivity contribution in [1.29, 1.82) is 0 Å². The lowest BCUT2D eigenvalue weighted by atomic mass is 10.1. The molecule has 1 atom stereocenters. The molecule has 3 rings (SSSR count). The van der Waals surface area contributed by atoms with Gasteiger partial charge in [-0.1, -0.05) is 12.1 Å². The number of nitrogens with one attached hydrogen (secondary N) is 1. The molecule has 1 amide bonds. The van der Waals surface area contributed by atoms with Crippen molar-refractivity contribution in [3.63, 3.8) is 0 Å². The van der Waals surface area contributed by atoms with Gasteiger partial charge in [-0.25, -0.2) is 8.42 Å². The molecule has 0 radical (unpaired) electrons. The van der Waals surface area contributed by atoms with Crippen molar-refractivity contribution in [2.24, 2.45) is 0 Å². The number of nitrogens with zero attached hydrogens (tertiary/aromatic N) is 1. The molecule has 0 saturated carbocycles. The Hall–Kier alpha value is -2.94. The van der Waals surface area contributed by atoms with Gasteiger partial charge in [-0.3, -0.25) is 9.10 Å². The van der Waals surface area contributed by atoms with Gasteiger partial charge in [0.05, 0.1) is 32.7 Å². The molecule has 1 aliphatic heterocycles. The molecule has 156 valence electrons. The first-order valence-corrected chi connectivity index (χ1v) is 10.8. The topological polar surface area (TPSA) is 94.2 Å². The zero-order valence-electron chi connectivity index (χ0n) is 16.8. The van der Waals surface area contributed by atoms with Gasteiger partial charge in [-0.05, 0) is 42.3 Å². The molecule has 0 aromatic heterocycles. The molecule has 1 aliphatic rings. The number of amides is 1. The van der Waals surface area contributed by atoms with E-state index in [1.807, 2.05) is 13.0 Å². The second kappa shape index (κ2) is 8.20. The standard InChI is InChI=1S/C20H24N2O6S/c1-13-5-7-15-17(9-13)28-19(12-22(15)29(4,24)25)20(23)21-11-14-6-8-16(26-2)18(10-14)27-3/h5-10,19H,11-12H2,1-4H3,(H,21,23). The van der Waals surface area contributed by atoms with E-state index >= 15 is 0 Å². The van der Waals surface area contributed by atoms with Crippen molar-refractivity contribution in [2.45, 2.75) is 19.6 Å². The van der Waals surface area contributed by atoms with Gasteiger partial charge in [-0.15, -0.1) is 0 Å². The van der Waals surface area contributed by atoms with Crippen LogP contribution in [0.4, 0.5) is 5.69 Å². The zero-order valence-corrected chi connectivity index (χ0v) is 17.6. The number of anilines is 1. The summed E-state index contributed by atoms with van der Waals surface area (Å²) in [6, 6.07) is 10.5. The molecule has 1 N–H and O–H groups in total. The number of hydrogen-bond acceptors (Lipinski definition) is 6. The molecule has 2 aromatic rings. The van der Waals surface area contributed by atoms with E-state index in [-0.39, 0.29) is 13.1 Å². The Balaban J connectivity index is 1.76. The van der Waals surface area contributed by atoms with Crippen LogP contribution in [0.2, 0.25) is 0 Å². The summed E-state index contributed by atoms with van der Waals surface area (Å²) in [5, 5.41) is 2.79. The molecular formula is C20H24N2O6S. The second-order valence-electron chi connectivity index (χ2n) is 6.78. The van der Waals surface area contributed by atoms with E-state index in [0.29, 0.717) is 22.9 Å². The summed E-state index contributed by atoms with van der Waals surface area (Å²) < 4.78 is 41.9. The minimum atomic E-state index is -3.56. The van der Waals surface area contributed by atoms with Gasteiger partial charge in [0.25, 0.3) is 5.91 Å². The third-order valence-corrected chi connectivity index (χ3v) is 5.74. The van der Waals surface area contributed by atoms with Crippen molar-refractivity contribution in [3.8, 4) is 17.2 Å². The molecule has 9 heteroatoms. The summed E-state index contributed by atoms with van der Waals surface area (Å²) in [6.07, 6.45) is 0.153. The third kappa shape index (κ3) is 4.56. The molecule has 0 spiro atoms. The van der Waals surface area contributed by atoms with Crippen molar-refractivity contribution in [1.82, 2.24) is 5.32 Å². The Bertz CT molecular complexity index is 1020. The molecule has 0 fully saturated rings. The van der Waals surface area contributed by atoms with Crippen LogP contribution in [-0.2, 0) is 21.4 Å². The van der Waals surface area contributed by atoms with E-state index in [1.165, 1.54) is 11.4 Å². The number of fused-ring (bicyclic) bond motifs is 1. The Morgan fingerprint density at radius 2 is 1.90 bits per heavy atom. The van der Waals surface area contributed by atoms with Crippen LogP contribution in [0.3, 0.4) is 0 Å². The van der Waals surface area contributed by atoms with Gasteiger partial charge in [0.15, 0.2) is 17.6 Å². The van der Waals surface area contributed by atoms with E-state index in [9.17, 15) is 13.2 Å². The fraction of sp³-hybridized carbons (Fsp3) is 0.350. The van der Waals surface area contributed by atoms with Crippen LogP contribution >= 0.6 is 0 Å². The van der Waals surface area contributed by atoms with Gasteiger partial charge in [-0.2, -0.15) is 0 Å². The quantitative estimate of drug-likeness (QED) is 0.767. The number of benzene rings is 2. The van der Waals surface area contributed by atoms with Crippen LogP contribution in [-0.4, -0.2) is 47.4 Å².